The van der Waals surface area contributed by atoms with Crippen molar-refractivity contribution in [3.63, 3.8) is 0 Å². The number of nitrogens with zero attached hydrogens (tertiary/aromatic N) is 2. The summed E-state index contributed by atoms with van der Waals surface area (Å²) >= 11 is 0. The first-order valence-corrected chi connectivity index (χ1v) is 5.85. The third kappa shape index (κ3) is 2.79. The van der Waals surface area contributed by atoms with Gasteiger partial charge in [0.1, 0.15) is 0 Å². The van der Waals surface area contributed by atoms with Crippen LogP contribution in [0.3, 0.4) is 0 Å². The molecule has 0 amide bonds. The largest absolute Gasteiger partial charge is 0.294 e. The molecule has 0 radical (unpaired) electrons. The van der Waals surface area contributed by atoms with E-state index < -0.39 is 46.9 Å². The highest BCUT2D eigenvalue weighted by atomic mass is 19.2. The second-order valence-electron chi connectivity index (χ2n) is 4.39. The van der Waals surface area contributed by atoms with Gasteiger partial charge in [0.2, 0.25) is 5.82 Å². The summed E-state index contributed by atoms with van der Waals surface area (Å²) < 4.78 is 67.2. The van der Waals surface area contributed by atoms with Crippen molar-refractivity contribution >= 4 is 5.78 Å². The Morgan fingerprint density at radius 1 is 1.05 bits per heavy atom. The number of carbonyl (C=O) groups is 1. The number of Topliss-reactive ketones (excluding diaryl/α,β-unsaturated/α-hetero) is 1. The van der Waals surface area contributed by atoms with Crippen molar-refractivity contribution in [2.45, 2.75) is 12.8 Å². The van der Waals surface area contributed by atoms with Gasteiger partial charge in [-0.3, -0.25) is 9.48 Å². The molecular formula is C13H9F5N2O. The smallest absolute Gasteiger partial charge is 0.200 e. The van der Waals surface area contributed by atoms with Crippen LogP contribution in [0.2, 0.25) is 0 Å². The van der Waals surface area contributed by atoms with Gasteiger partial charge in [0, 0.05) is 19.7 Å². The summed E-state index contributed by atoms with van der Waals surface area (Å²) in [5.74, 6) is -11.9. The highest BCUT2D eigenvalue weighted by molar-refractivity contribution is 5.96. The Morgan fingerprint density at radius 3 is 2.05 bits per heavy atom. The van der Waals surface area contributed by atoms with Crippen LogP contribution in [0, 0.1) is 29.1 Å². The molecule has 0 saturated heterocycles. The molecule has 2 rings (SSSR count). The maximum atomic E-state index is 13.4. The average molecular weight is 304 g/mol. The topological polar surface area (TPSA) is 34.9 Å². The molecule has 0 saturated carbocycles. The van der Waals surface area contributed by atoms with E-state index in [9.17, 15) is 26.7 Å². The molecule has 0 aliphatic heterocycles. The van der Waals surface area contributed by atoms with E-state index in [0.29, 0.717) is 5.56 Å². The van der Waals surface area contributed by atoms with Crippen molar-refractivity contribution in [3.8, 4) is 0 Å². The van der Waals surface area contributed by atoms with Gasteiger partial charge in [-0.15, -0.1) is 0 Å². The van der Waals surface area contributed by atoms with Crippen LogP contribution >= 0.6 is 0 Å². The van der Waals surface area contributed by atoms with E-state index in [1.165, 1.54) is 10.9 Å². The van der Waals surface area contributed by atoms with Crippen LogP contribution in [-0.2, 0) is 13.5 Å². The predicted molar refractivity (Wildman–Crippen MR) is 62.1 cm³/mol. The van der Waals surface area contributed by atoms with E-state index >= 15 is 0 Å². The van der Waals surface area contributed by atoms with Crippen LogP contribution in [-0.4, -0.2) is 15.6 Å². The van der Waals surface area contributed by atoms with Gasteiger partial charge in [-0.05, 0) is 12.0 Å². The molecule has 112 valence electrons. The van der Waals surface area contributed by atoms with Gasteiger partial charge in [-0.1, -0.05) is 0 Å². The lowest BCUT2D eigenvalue weighted by Gasteiger charge is -2.07. The lowest BCUT2D eigenvalue weighted by molar-refractivity contribution is 0.0971. The maximum absolute atomic E-state index is 13.4. The third-order valence-corrected chi connectivity index (χ3v) is 2.89. The van der Waals surface area contributed by atoms with Gasteiger partial charge in [0.05, 0.1) is 11.8 Å². The number of aromatic nitrogens is 2. The molecule has 1 heterocycles. The number of hydrogen-bond acceptors (Lipinski definition) is 2. The molecule has 0 unspecified atom stereocenters. The van der Waals surface area contributed by atoms with Gasteiger partial charge in [-0.2, -0.15) is 5.10 Å². The first-order chi connectivity index (χ1) is 9.82. The SMILES string of the molecule is Cn1cc(CCC(=O)c2c(F)c(F)c(F)c(F)c2F)cn1. The Kier molecular flexibility index (Phi) is 4.06. The summed E-state index contributed by atoms with van der Waals surface area (Å²) in [6.07, 6.45) is 2.69. The minimum absolute atomic E-state index is 0.0756. The molecule has 0 fully saturated rings. The molecule has 3 nitrogen and oxygen atoms in total. The first kappa shape index (κ1) is 15.1. The van der Waals surface area contributed by atoms with Crippen molar-refractivity contribution in [1.29, 1.82) is 0 Å². The van der Waals surface area contributed by atoms with Crippen LogP contribution in [0.5, 0.6) is 0 Å². The van der Waals surface area contributed by atoms with Gasteiger partial charge in [-0.25, -0.2) is 22.0 Å². The van der Waals surface area contributed by atoms with E-state index in [2.05, 4.69) is 5.10 Å². The molecule has 2 aromatic rings. The van der Waals surface area contributed by atoms with Crippen LogP contribution in [0.25, 0.3) is 0 Å². The van der Waals surface area contributed by atoms with E-state index in [1.54, 1.807) is 13.2 Å². The van der Waals surface area contributed by atoms with Crippen molar-refractivity contribution < 1.29 is 26.7 Å². The van der Waals surface area contributed by atoms with Gasteiger partial charge < -0.3 is 0 Å². The number of aryl methyl sites for hydroxylation is 2. The first-order valence-electron chi connectivity index (χ1n) is 5.85. The molecule has 0 bridgehead atoms. The number of benzene rings is 1. The predicted octanol–water partition coefficient (Wildman–Crippen LogP) is 2.93. The maximum Gasteiger partial charge on any atom is 0.200 e. The second kappa shape index (κ2) is 5.63. The molecule has 21 heavy (non-hydrogen) atoms. The molecule has 0 spiro atoms. The summed E-state index contributed by atoms with van der Waals surface area (Å²) in [4.78, 5) is 11.7. The number of ketones is 1. The second-order valence-corrected chi connectivity index (χ2v) is 4.39. The van der Waals surface area contributed by atoms with Crippen LogP contribution in [0.1, 0.15) is 22.3 Å². The van der Waals surface area contributed by atoms with Crippen molar-refractivity contribution in [2.24, 2.45) is 7.05 Å². The lowest BCUT2D eigenvalue weighted by atomic mass is 10.0. The zero-order chi connectivity index (χ0) is 15.7. The minimum Gasteiger partial charge on any atom is -0.294 e. The fourth-order valence-electron chi connectivity index (χ4n) is 1.83. The fraction of sp³-hybridized carbons (Fsp3) is 0.231. The Morgan fingerprint density at radius 2 is 1.57 bits per heavy atom. The van der Waals surface area contributed by atoms with Crippen molar-refractivity contribution in [3.05, 3.63) is 52.6 Å². The van der Waals surface area contributed by atoms with Gasteiger partial charge in [0.25, 0.3) is 0 Å². The Balaban J connectivity index is 2.27. The van der Waals surface area contributed by atoms with Crippen molar-refractivity contribution in [1.82, 2.24) is 9.78 Å². The summed E-state index contributed by atoms with van der Waals surface area (Å²) in [5.41, 5.74) is -0.801. The standard InChI is InChI=1S/C13H9F5N2O/c1-20-5-6(4-19-20)2-3-7(21)8-9(14)11(16)13(18)12(17)10(8)15/h4-5H,2-3H2,1H3. The highest BCUT2D eigenvalue weighted by Gasteiger charge is 2.29. The number of hydrogen-bond donors (Lipinski definition) is 0. The molecule has 8 heteroatoms. The zero-order valence-corrected chi connectivity index (χ0v) is 10.8. The molecule has 0 N–H and O–H groups in total. The Hall–Kier alpha value is -2.25. The van der Waals surface area contributed by atoms with Gasteiger partial charge >= 0.3 is 0 Å². The van der Waals surface area contributed by atoms with E-state index in [-0.39, 0.29) is 6.42 Å². The van der Waals surface area contributed by atoms with Crippen LogP contribution in [0.4, 0.5) is 22.0 Å². The van der Waals surface area contributed by atoms with E-state index in [0.717, 1.165) is 0 Å². The quantitative estimate of drug-likeness (QED) is 0.377. The molecule has 1 aromatic carbocycles. The molecule has 1 aromatic heterocycles. The van der Waals surface area contributed by atoms with Crippen LogP contribution < -0.4 is 0 Å². The molecule has 0 atom stereocenters. The van der Waals surface area contributed by atoms with E-state index in [1.807, 2.05) is 0 Å². The van der Waals surface area contributed by atoms with Crippen molar-refractivity contribution in [2.75, 3.05) is 0 Å². The fourth-order valence-corrected chi connectivity index (χ4v) is 1.83. The Labute approximate surface area is 116 Å². The molecule has 0 aliphatic carbocycles. The number of halogens is 5. The summed E-state index contributed by atoms with van der Waals surface area (Å²) in [7, 11) is 1.63. The third-order valence-electron chi connectivity index (χ3n) is 2.89. The van der Waals surface area contributed by atoms with Gasteiger partial charge in [0.15, 0.2) is 29.1 Å². The minimum atomic E-state index is -2.28. The van der Waals surface area contributed by atoms with Crippen LogP contribution in [0.15, 0.2) is 12.4 Å². The number of carbonyl (C=O) groups excluding carboxylic acids is 1. The number of rotatable bonds is 4. The normalized spacial score (nSPS) is 11.0. The average Bonchev–Trinajstić information content (AvgIpc) is 2.86. The summed E-state index contributed by atoms with van der Waals surface area (Å²) in [5, 5.41) is 3.83. The highest BCUT2D eigenvalue weighted by Crippen LogP contribution is 2.24. The lowest BCUT2D eigenvalue weighted by Crippen LogP contribution is -2.13. The Bertz CT molecular complexity index is 682. The monoisotopic (exact) mass is 304 g/mol. The van der Waals surface area contributed by atoms with E-state index in [4.69, 9.17) is 0 Å². The molecular weight excluding hydrogens is 295 g/mol. The zero-order valence-electron chi connectivity index (χ0n) is 10.8. The summed E-state index contributed by atoms with van der Waals surface area (Å²) in [6, 6.07) is 0. The summed E-state index contributed by atoms with van der Waals surface area (Å²) in [6.45, 7) is 0. The molecule has 0 aliphatic rings.